The molecule has 3 heteroatoms. The van der Waals surface area contributed by atoms with E-state index >= 15 is 0 Å². The van der Waals surface area contributed by atoms with Crippen LogP contribution in [0.3, 0.4) is 0 Å². The van der Waals surface area contributed by atoms with Gasteiger partial charge in [-0.05, 0) is 6.92 Å². The summed E-state index contributed by atoms with van der Waals surface area (Å²) in [6.07, 6.45) is 0.741. The van der Waals surface area contributed by atoms with Crippen molar-refractivity contribution in [3.05, 3.63) is 23.7 Å². The van der Waals surface area contributed by atoms with Gasteiger partial charge in [0.1, 0.15) is 6.26 Å². The lowest BCUT2D eigenvalue weighted by molar-refractivity contribution is 0.353. The summed E-state index contributed by atoms with van der Waals surface area (Å²) in [5.41, 5.74) is -0.0648. The second-order valence-corrected chi connectivity index (χ2v) is 1.48. The molecule has 1 aromatic heterocycles. The number of furan rings is 1. The van der Waals surface area contributed by atoms with Crippen molar-refractivity contribution in [2.24, 2.45) is 0 Å². The Hall–Kier alpha value is -0.860. The van der Waals surface area contributed by atoms with E-state index in [4.69, 9.17) is 0 Å². The maximum Gasteiger partial charge on any atom is 0.283 e. The van der Waals surface area contributed by atoms with Crippen LogP contribution in [-0.4, -0.2) is 0 Å². The van der Waals surface area contributed by atoms with Gasteiger partial charge in [0.15, 0.2) is 5.82 Å². The van der Waals surface area contributed by atoms with E-state index in [9.17, 15) is 8.78 Å². The van der Waals surface area contributed by atoms with Gasteiger partial charge in [0.2, 0.25) is 0 Å². The summed E-state index contributed by atoms with van der Waals surface area (Å²) in [6, 6.07) is -0.845. The van der Waals surface area contributed by atoms with Crippen LogP contribution in [0, 0.1) is 18.8 Å². The maximum absolute atomic E-state index is 12.0. The molecule has 0 spiro atoms. The Kier molecular flexibility index (Phi) is 3.69. The van der Waals surface area contributed by atoms with Gasteiger partial charge in [0, 0.05) is 0 Å². The lowest BCUT2D eigenvalue weighted by Crippen LogP contribution is -1.73. The molecule has 10 heavy (non-hydrogen) atoms. The average molecular weight is 148 g/mol. The van der Waals surface area contributed by atoms with E-state index in [0.717, 1.165) is 6.26 Å². The lowest BCUT2D eigenvalue weighted by atomic mass is 10.4. The summed E-state index contributed by atoms with van der Waals surface area (Å²) in [5, 5.41) is 0. The molecule has 1 rings (SSSR count). The van der Waals surface area contributed by atoms with Crippen LogP contribution >= 0.6 is 0 Å². The van der Waals surface area contributed by atoms with Crippen molar-refractivity contribution in [1.29, 1.82) is 0 Å². The van der Waals surface area contributed by atoms with E-state index in [0.29, 0.717) is 0 Å². The molecule has 1 nitrogen and oxygen atoms in total. The van der Waals surface area contributed by atoms with Gasteiger partial charge in [0.25, 0.3) is 6.01 Å². The van der Waals surface area contributed by atoms with E-state index in [1.165, 1.54) is 6.92 Å². The summed E-state index contributed by atoms with van der Waals surface area (Å²) < 4.78 is 28.0. The maximum atomic E-state index is 12.0. The van der Waals surface area contributed by atoms with Crippen LogP contribution in [0.15, 0.2) is 10.7 Å². The van der Waals surface area contributed by atoms with Crippen molar-refractivity contribution in [2.45, 2.75) is 20.8 Å². The predicted molar refractivity (Wildman–Crippen MR) is 34.7 cm³/mol. The third-order valence-electron chi connectivity index (χ3n) is 0.919. The summed E-state index contributed by atoms with van der Waals surface area (Å²) in [4.78, 5) is 0. The monoisotopic (exact) mass is 148 g/mol. The van der Waals surface area contributed by atoms with Crippen molar-refractivity contribution in [3.63, 3.8) is 0 Å². The van der Waals surface area contributed by atoms with Crippen molar-refractivity contribution in [1.82, 2.24) is 0 Å². The number of hydrogen-bond acceptors (Lipinski definition) is 1. The zero-order valence-corrected chi connectivity index (χ0v) is 6.24. The summed E-state index contributed by atoms with van der Waals surface area (Å²) in [5.74, 6) is -0.637. The minimum Gasteiger partial charge on any atom is -0.436 e. The van der Waals surface area contributed by atoms with E-state index in [2.05, 4.69) is 4.42 Å². The largest absolute Gasteiger partial charge is 0.436 e. The fraction of sp³-hybridized carbons (Fsp3) is 0.429. The Labute approximate surface area is 58.7 Å². The molecule has 0 saturated heterocycles. The Balaban J connectivity index is 0.000000371. The standard InChI is InChI=1S/C5H4F2O.C2H6/c1-3-4(6)2-8-5(3)7;1-2/h2H,1H3;1-2H3. The quantitative estimate of drug-likeness (QED) is 0.551. The van der Waals surface area contributed by atoms with Gasteiger partial charge in [-0.25, -0.2) is 4.39 Å². The van der Waals surface area contributed by atoms with Crippen LogP contribution < -0.4 is 0 Å². The first-order valence-corrected chi connectivity index (χ1v) is 3.11. The molecule has 0 fully saturated rings. The fourth-order valence-corrected chi connectivity index (χ4v) is 0.374. The lowest BCUT2D eigenvalue weighted by Gasteiger charge is -1.76. The fourth-order valence-electron chi connectivity index (χ4n) is 0.374. The summed E-state index contributed by atoms with van der Waals surface area (Å²) in [7, 11) is 0. The molecule has 0 aliphatic carbocycles. The number of hydrogen-bond donors (Lipinski definition) is 0. The topological polar surface area (TPSA) is 13.1 Å². The number of halogens is 2. The SMILES string of the molecule is CC.Cc1c(F)coc1F. The van der Waals surface area contributed by atoms with Crippen molar-refractivity contribution < 1.29 is 13.2 Å². The Morgan fingerprint density at radius 3 is 1.90 bits per heavy atom. The van der Waals surface area contributed by atoms with E-state index in [1.807, 2.05) is 13.8 Å². The molecule has 0 bridgehead atoms. The molecular formula is C7H10F2O. The second-order valence-electron chi connectivity index (χ2n) is 1.48. The molecule has 0 N–H and O–H groups in total. The van der Waals surface area contributed by atoms with Crippen LogP contribution in [-0.2, 0) is 0 Å². The zero-order chi connectivity index (χ0) is 8.15. The average Bonchev–Trinajstić information content (AvgIpc) is 2.25. The van der Waals surface area contributed by atoms with Gasteiger partial charge in [0.05, 0.1) is 5.56 Å². The highest BCUT2D eigenvalue weighted by atomic mass is 19.1. The minimum atomic E-state index is -0.845. The van der Waals surface area contributed by atoms with Crippen molar-refractivity contribution in [2.75, 3.05) is 0 Å². The van der Waals surface area contributed by atoms with E-state index in [-0.39, 0.29) is 5.56 Å². The molecular weight excluding hydrogens is 138 g/mol. The molecule has 0 radical (unpaired) electrons. The smallest absolute Gasteiger partial charge is 0.283 e. The molecule has 0 unspecified atom stereocenters. The molecule has 0 aliphatic heterocycles. The van der Waals surface area contributed by atoms with E-state index < -0.39 is 11.8 Å². The third-order valence-corrected chi connectivity index (χ3v) is 0.919. The van der Waals surface area contributed by atoms with Crippen LogP contribution in [0.5, 0.6) is 0 Å². The molecule has 58 valence electrons. The highest BCUT2D eigenvalue weighted by Crippen LogP contribution is 2.10. The molecule has 0 saturated carbocycles. The zero-order valence-electron chi connectivity index (χ0n) is 6.24. The Bertz CT molecular complexity index is 174. The highest BCUT2D eigenvalue weighted by molar-refractivity contribution is 5.06. The van der Waals surface area contributed by atoms with Crippen molar-refractivity contribution in [3.8, 4) is 0 Å². The normalized spacial score (nSPS) is 8.50. The Morgan fingerprint density at radius 1 is 1.30 bits per heavy atom. The van der Waals surface area contributed by atoms with Gasteiger partial charge >= 0.3 is 0 Å². The number of rotatable bonds is 0. The predicted octanol–water partition coefficient (Wildman–Crippen LogP) is 2.89. The first-order valence-electron chi connectivity index (χ1n) is 3.11. The van der Waals surface area contributed by atoms with Gasteiger partial charge in [-0.2, -0.15) is 4.39 Å². The Morgan fingerprint density at radius 2 is 1.80 bits per heavy atom. The molecule has 1 aromatic rings. The molecule has 1 heterocycles. The first kappa shape index (κ1) is 9.14. The van der Waals surface area contributed by atoms with Crippen molar-refractivity contribution >= 4 is 0 Å². The van der Waals surface area contributed by atoms with Crippen LogP contribution in [0.1, 0.15) is 19.4 Å². The van der Waals surface area contributed by atoms with Gasteiger partial charge < -0.3 is 4.42 Å². The molecule has 0 atom stereocenters. The van der Waals surface area contributed by atoms with Crippen LogP contribution in [0.4, 0.5) is 8.78 Å². The third kappa shape index (κ3) is 1.83. The second kappa shape index (κ2) is 4.04. The summed E-state index contributed by atoms with van der Waals surface area (Å²) >= 11 is 0. The van der Waals surface area contributed by atoms with Gasteiger partial charge in [-0.3, -0.25) is 0 Å². The first-order chi connectivity index (χ1) is 4.72. The van der Waals surface area contributed by atoms with Gasteiger partial charge in [-0.1, -0.05) is 13.8 Å². The molecule has 0 amide bonds. The van der Waals surface area contributed by atoms with Gasteiger partial charge in [-0.15, -0.1) is 0 Å². The minimum absolute atomic E-state index is 0.0648. The van der Waals surface area contributed by atoms with Crippen LogP contribution in [0.25, 0.3) is 0 Å². The van der Waals surface area contributed by atoms with Crippen LogP contribution in [0.2, 0.25) is 0 Å². The highest BCUT2D eigenvalue weighted by Gasteiger charge is 2.05. The molecule has 0 aliphatic rings. The summed E-state index contributed by atoms with van der Waals surface area (Å²) in [6.45, 7) is 5.31. The molecule has 0 aromatic carbocycles. The van der Waals surface area contributed by atoms with E-state index in [1.54, 1.807) is 0 Å².